The van der Waals surface area contributed by atoms with E-state index < -0.39 is 6.36 Å². The number of hydrogen-bond acceptors (Lipinski definition) is 6. The number of benzene rings is 1. The second-order valence-corrected chi connectivity index (χ2v) is 4.82. The van der Waals surface area contributed by atoms with Gasteiger partial charge in [0.15, 0.2) is 0 Å². The third-order valence-corrected chi connectivity index (χ3v) is 3.07. The summed E-state index contributed by atoms with van der Waals surface area (Å²) in [4.78, 5) is 1.81. The lowest BCUT2D eigenvalue weighted by atomic mass is 10.2. The van der Waals surface area contributed by atoms with Crippen LogP contribution in [0.15, 0.2) is 24.3 Å². The number of rotatable bonds is 7. The smallest absolute Gasteiger partial charge is 0.405 e. The minimum Gasteiger partial charge on any atom is -0.405 e. The molecule has 7 nitrogen and oxygen atoms in total. The van der Waals surface area contributed by atoms with Gasteiger partial charge in [-0.15, -0.1) is 13.2 Å². The van der Waals surface area contributed by atoms with Gasteiger partial charge in [0.25, 0.3) is 0 Å². The fourth-order valence-corrected chi connectivity index (χ4v) is 1.98. The second-order valence-electron chi connectivity index (χ2n) is 4.82. The largest absolute Gasteiger partial charge is 0.573 e. The zero-order chi connectivity index (χ0) is 16.9. The molecule has 0 aliphatic heterocycles. The molecule has 2 rings (SSSR count). The summed E-state index contributed by atoms with van der Waals surface area (Å²) in [7, 11) is 3.62. The van der Waals surface area contributed by atoms with Crippen LogP contribution < -0.4 is 15.0 Å². The fourth-order valence-electron chi connectivity index (χ4n) is 1.98. The van der Waals surface area contributed by atoms with E-state index in [-0.39, 0.29) is 12.3 Å². The summed E-state index contributed by atoms with van der Waals surface area (Å²) in [5.41, 5.74) is 0.334. The number of aromatic nitrogens is 4. The third kappa shape index (κ3) is 4.81. The molecule has 1 heterocycles. The minimum absolute atomic E-state index is 0.0679. The average Bonchev–Trinajstić information content (AvgIpc) is 2.93. The summed E-state index contributed by atoms with van der Waals surface area (Å²) in [6.07, 6.45) is -4.75. The Kier molecular flexibility index (Phi) is 5.37. The highest BCUT2D eigenvalue weighted by Crippen LogP contribution is 2.27. The van der Waals surface area contributed by atoms with E-state index >= 15 is 0 Å². The number of ether oxygens (including phenoxy) is 1. The molecule has 0 saturated heterocycles. The Bertz CT molecular complexity index is 630. The molecule has 1 aromatic carbocycles. The fraction of sp³-hybridized carbons (Fsp3) is 0.462. The molecule has 23 heavy (non-hydrogen) atoms. The van der Waals surface area contributed by atoms with Crippen molar-refractivity contribution >= 4 is 5.95 Å². The molecule has 0 aliphatic rings. The van der Waals surface area contributed by atoms with Crippen LogP contribution in [-0.2, 0) is 6.54 Å². The Labute approximate surface area is 131 Å². The van der Waals surface area contributed by atoms with Crippen molar-refractivity contribution in [1.29, 1.82) is 0 Å². The van der Waals surface area contributed by atoms with Crippen molar-refractivity contribution < 1.29 is 17.9 Å². The van der Waals surface area contributed by atoms with E-state index in [1.54, 1.807) is 19.2 Å². The SMILES string of the molecule is CNCCN(C)c1nnnn1Cc1ccccc1OC(F)(F)F. The average molecular weight is 330 g/mol. The normalized spacial score (nSPS) is 11.5. The van der Waals surface area contributed by atoms with E-state index in [0.29, 0.717) is 18.1 Å². The molecule has 10 heteroatoms. The first-order valence-corrected chi connectivity index (χ1v) is 6.86. The van der Waals surface area contributed by atoms with E-state index in [4.69, 9.17) is 0 Å². The summed E-state index contributed by atoms with van der Waals surface area (Å²) in [5, 5.41) is 14.3. The van der Waals surface area contributed by atoms with Gasteiger partial charge in [0.05, 0.1) is 6.54 Å². The predicted molar refractivity (Wildman–Crippen MR) is 77.2 cm³/mol. The van der Waals surface area contributed by atoms with Gasteiger partial charge in [0, 0.05) is 25.7 Å². The number of nitrogens with one attached hydrogen (secondary N) is 1. The van der Waals surface area contributed by atoms with Crippen LogP contribution in [0.4, 0.5) is 19.1 Å². The number of nitrogens with zero attached hydrogens (tertiary/aromatic N) is 5. The van der Waals surface area contributed by atoms with Crippen LogP contribution in [0.5, 0.6) is 5.75 Å². The maximum Gasteiger partial charge on any atom is 0.573 e. The molecule has 1 aromatic heterocycles. The molecule has 0 radical (unpaired) electrons. The molecule has 0 atom stereocenters. The maximum absolute atomic E-state index is 12.5. The van der Waals surface area contributed by atoms with Gasteiger partial charge in [0.2, 0.25) is 5.95 Å². The number of para-hydroxylation sites is 1. The highest BCUT2D eigenvalue weighted by Gasteiger charge is 2.32. The summed E-state index contributed by atoms with van der Waals surface area (Å²) >= 11 is 0. The molecular formula is C13H17F3N6O. The van der Waals surface area contributed by atoms with Crippen molar-refractivity contribution in [2.24, 2.45) is 0 Å². The van der Waals surface area contributed by atoms with Gasteiger partial charge in [-0.05, 0) is 23.5 Å². The number of anilines is 1. The first-order valence-electron chi connectivity index (χ1n) is 6.86. The quantitative estimate of drug-likeness (QED) is 0.825. The van der Waals surface area contributed by atoms with Crippen LogP contribution in [0, 0.1) is 0 Å². The van der Waals surface area contributed by atoms with Crippen LogP contribution >= 0.6 is 0 Å². The van der Waals surface area contributed by atoms with Crippen molar-refractivity contribution in [2.45, 2.75) is 12.9 Å². The Balaban J connectivity index is 2.19. The number of tetrazole rings is 1. The van der Waals surface area contributed by atoms with Crippen LogP contribution in [0.25, 0.3) is 0 Å². The zero-order valence-corrected chi connectivity index (χ0v) is 12.7. The second kappa shape index (κ2) is 7.27. The molecule has 0 amide bonds. The maximum atomic E-state index is 12.5. The molecule has 126 valence electrons. The number of alkyl halides is 3. The van der Waals surface area contributed by atoms with E-state index in [0.717, 1.165) is 6.54 Å². The molecule has 0 bridgehead atoms. The van der Waals surface area contributed by atoms with Gasteiger partial charge >= 0.3 is 6.36 Å². The van der Waals surface area contributed by atoms with Crippen molar-refractivity contribution in [3.63, 3.8) is 0 Å². The van der Waals surface area contributed by atoms with Crippen LogP contribution in [0.2, 0.25) is 0 Å². The molecular weight excluding hydrogens is 313 g/mol. The van der Waals surface area contributed by atoms with E-state index in [9.17, 15) is 13.2 Å². The van der Waals surface area contributed by atoms with Gasteiger partial charge in [0.1, 0.15) is 5.75 Å². The van der Waals surface area contributed by atoms with Crippen molar-refractivity contribution in [1.82, 2.24) is 25.5 Å². The van der Waals surface area contributed by atoms with Gasteiger partial charge in [-0.3, -0.25) is 0 Å². The number of halogens is 3. The number of hydrogen-bond donors (Lipinski definition) is 1. The minimum atomic E-state index is -4.75. The highest BCUT2D eigenvalue weighted by molar-refractivity contribution is 5.35. The molecule has 0 aliphatic carbocycles. The van der Waals surface area contributed by atoms with Crippen molar-refractivity contribution in [2.75, 3.05) is 32.1 Å². The Morgan fingerprint density at radius 2 is 2.04 bits per heavy atom. The third-order valence-electron chi connectivity index (χ3n) is 3.07. The van der Waals surface area contributed by atoms with Crippen LogP contribution in [-0.4, -0.2) is 53.8 Å². The van der Waals surface area contributed by atoms with E-state index in [1.165, 1.54) is 16.8 Å². The zero-order valence-electron chi connectivity index (χ0n) is 12.7. The molecule has 1 N–H and O–H groups in total. The van der Waals surface area contributed by atoms with Crippen molar-refractivity contribution in [3.05, 3.63) is 29.8 Å². The molecule has 0 unspecified atom stereocenters. The van der Waals surface area contributed by atoms with E-state index in [1.807, 2.05) is 11.9 Å². The lowest BCUT2D eigenvalue weighted by molar-refractivity contribution is -0.274. The van der Waals surface area contributed by atoms with Crippen LogP contribution in [0.3, 0.4) is 0 Å². The molecule has 0 fully saturated rings. The Morgan fingerprint density at radius 3 is 2.74 bits per heavy atom. The topological polar surface area (TPSA) is 68.1 Å². The van der Waals surface area contributed by atoms with Crippen LogP contribution in [0.1, 0.15) is 5.56 Å². The lowest BCUT2D eigenvalue weighted by Gasteiger charge is -2.18. The Morgan fingerprint density at radius 1 is 1.30 bits per heavy atom. The Hall–Kier alpha value is -2.36. The molecule has 2 aromatic rings. The lowest BCUT2D eigenvalue weighted by Crippen LogP contribution is -2.29. The monoisotopic (exact) mass is 330 g/mol. The number of likely N-dealkylation sites (N-methyl/N-ethyl adjacent to an activating group) is 2. The first-order chi connectivity index (χ1) is 10.9. The molecule has 0 spiro atoms. The summed E-state index contributed by atoms with van der Waals surface area (Å²) in [6.45, 7) is 1.44. The van der Waals surface area contributed by atoms with Gasteiger partial charge < -0.3 is 15.0 Å². The first kappa shape index (κ1) is 17.0. The van der Waals surface area contributed by atoms with Gasteiger partial charge in [-0.2, -0.15) is 0 Å². The van der Waals surface area contributed by atoms with E-state index in [2.05, 4.69) is 25.6 Å². The highest BCUT2D eigenvalue weighted by atomic mass is 19.4. The summed E-state index contributed by atoms with van der Waals surface area (Å²) in [6, 6.07) is 5.91. The predicted octanol–water partition coefficient (Wildman–Crippen LogP) is 1.28. The summed E-state index contributed by atoms with van der Waals surface area (Å²) < 4.78 is 42.9. The van der Waals surface area contributed by atoms with Gasteiger partial charge in [-0.25, -0.2) is 4.68 Å². The summed E-state index contributed by atoms with van der Waals surface area (Å²) in [5.74, 6) is 0.196. The van der Waals surface area contributed by atoms with Crippen molar-refractivity contribution in [3.8, 4) is 5.75 Å². The standard InChI is InChI=1S/C13H17F3N6O/c1-17-7-8-21(2)12-18-19-20-22(12)9-10-5-3-4-6-11(10)23-13(14,15)16/h3-6,17H,7-9H2,1-2H3. The molecule has 0 saturated carbocycles. The van der Waals surface area contributed by atoms with Gasteiger partial charge in [-0.1, -0.05) is 23.3 Å².